The molecule has 6 heteroatoms. The van der Waals surface area contributed by atoms with Crippen molar-refractivity contribution in [2.75, 3.05) is 0 Å². The standard InChI is InChI=1S/C53H36N4S.Pt/c1-34-29-35(2)50(36(3)30-34)56-33-55(51(37-17-6-4-7-18-37)52(56)38-19-8-5-9-20-38)39-21-16-22-40(31-39)57-45-26-12-10-23-41(45)49-46(57)32-43(44-25-14-15-28-54-44)48-42-24-11-13-27-47(42)58-53(48)49;/h4-30H,1-3H3;/q-2;. The molecule has 0 aliphatic carbocycles. The summed E-state index contributed by atoms with van der Waals surface area (Å²) in [6.07, 6.45) is 5.75. The zero-order chi connectivity index (χ0) is 38.9. The minimum Gasteiger partial charge on any atom is -0.352 e. The Kier molecular flexibility index (Phi) is 9.24. The minimum absolute atomic E-state index is 0. The van der Waals surface area contributed by atoms with E-state index in [0.717, 1.165) is 61.9 Å². The number of benzene rings is 7. The molecule has 0 aliphatic rings. The molecule has 11 rings (SSSR count). The molecule has 0 saturated carbocycles. The molecule has 0 unspecified atom stereocenters. The van der Waals surface area contributed by atoms with Crippen LogP contribution < -0.4 is 4.57 Å². The second-order valence-corrected chi connectivity index (χ2v) is 16.0. The van der Waals surface area contributed by atoms with Crippen LogP contribution in [0.4, 0.5) is 0 Å². The maximum absolute atomic E-state index is 4.87. The van der Waals surface area contributed by atoms with Gasteiger partial charge in [0.05, 0.1) is 17.1 Å². The third kappa shape index (κ3) is 5.99. The molecule has 11 aromatic rings. The minimum atomic E-state index is 0. The maximum atomic E-state index is 4.87. The molecule has 4 aromatic heterocycles. The zero-order valence-corrected chi connectivity index (χ0v) is 35.7. The van der Waals surface area contributed by atoms with Crippen molar-refractivity contribution in [3.63, 3.8) is 0 Å². The Balaban J connectivity index is 0.00000420. The molecule has 0 radical (unpaired) electrons. The Morgan fingerprint density at radius 3 is 2.02 bits per heavy atom. The molecule has 0 N–H and O–H groups in total. The second-order valence-electron chi connectivity index (χ2n) is 15.0. The molecular weight excluding hydrogens is 920 g/mol. The Bertz CT molecular complexity index is 3340. The summed E-state index contributed by atoms with van der Waals surface area (Å²) < 4.78 is 9.27. The average molecular weight is 956 g/mol. The number of imidazole rings is 1. The van der Waals surface area contributed by atoms with Crippen molar-refractivity contribution in [3.8, 4) is 50.8 Å². The van der Waals surface area contributed by atoms with Crippen LogP contribution in [0.1, 0.15) is 16.7 Å². The predicted molar refractivity (Wildman–Crippen MR) is 239 cm³/mol. The first-order valence-corrected chi connectivity index (χ1v) is 20.4. The van der Waals surface area contributed by atoms with E-state index in [1.165, 1.54) is 47.6 Å². The van der Waals surface area contributed by atoms with Crippen LogP contribution in [-0.4, -0.2) is 14.1 Å². The summed E-state index contributed by atoms with van der Waals surface area (Å²) in [5.41, 5.74) is 14.9. The van der Waals surface area contributed by atoms with Gasteiger partial charge in [-0.05, 0) is 93.6 Å². The Morgan fingerprint density at radius 1 is 0.610 bits per heavy atom. The Labute approximate surface area is 361 Å². The summed E-state index contributed by atoms with van der Waals surface area (Å²) in [6.45, 7) is 6.56. The van der Waals surface area contributed by atoms with Crippen LogP contribution >= 0.6 is 11.3 Å². The quantitative estimate of drug-likeness (QED) is 0.120. The molecule has 59 heavy (non-hydrogen) atoms. The molecule has 0 atom stereocenters. The van der Waals surface area contributed by atoms with Crippen LogP contribution in [0, 0.1) is 39.2 Å². The number of fused-ring (bicyclic) bond motifs is 7. The van der Waals surface area contributed by atoms with Gasteiger partial charge < -0.3 is 14.1 Å². The number of thiophene rings is 1. The molecule has 286 valence electrons. The van der Waals surface area contributed by atoms with E-state index in [4.69, 9.17) is 4.98 Å². The van der Waals surface area contributed by atoms with Gasteiger partial charge in [0.2, 0.25) is 0 Å². The van der Waals surface area contributed by atoms with E-state index in [2.05, 4.69) is 205 Å². The van der Waals surface area contributed by atoms with E-state index in [1.807, 2.05) is 23.6 Å². The van der Waals surface area contributed by atoms with Crippen molar-refractivity contribution < 1.29 is 25.6 Å². The van der Waals surface area contributed by atoms with Gasteiger partial charge in [-0.1, -0.05) is 143 Å². The fourth-order valence-electron chi connectivity index (χ4n) is 8.89. The van der Waals surface area contributed by atoms with Crippen molar-refractivity contribution in [1.82, 2.24) is 14.1 Å². The molecule has 0 saturated heterocycles. The molecule has 0 spiro atoms. The van der Waals surface area contributed by atoms with E-state index >= 15 is 0 Å². The van der Waals surface area contributed by atoms with Crippen LogP contribution in [0.25, 0.3) is 92.8 Å². The van der Waals surface area contributed by atoms with Crippen LogP contribution in [0.3, 0.4) is 0 Å². The van der Waals surface area contributed by atoms with E-state index in [1.54, 1.807) is 0 Å². The number of hydrogen-bond acceptors (Lipinski definition) is 2. The summed E-state index contributed by atoms with van der Waals surface area (Å²) in [6, 6.07) is 63.7. The summed E-state index contributed by atoms with van der Waals surface area (Å²) in [5, 5.41) is 4.80. The number of rotatable bonds is 6. The third-order valence-electron chi connectivity index (χ3n) is 11.2. The van der Waals surface area contributed by atoms with Crippen LogP contribution in [-0.2, 0) is 21.1 Å². The number of hydrogen-bond donors (Lipinski definition) is 0. The molecule has 0 fully saturated rings. The van der Waals surface area contributed by atoms with Crippen molar-refractivity contribution in [3.05, 3.63) is 199 Å². The molecule has 7 aromatic carbocycles. The van der Waals surface area contributed by atoms with E-state index in [0.29, 0.717) is 0 Å². The largest absolute Gasteiger partial charge is 0.352 e. The molecule has 0 amide bonds. The Hall–Kier alpha value is -6.39. The number of aromatic nitrogens is 4. The fourth-order valence-corrected chi connectivity index (χ4v) is 10.2. The topological polar surface area (TPSA) is 26.6 Å². The first-order valence-electron chi connectivity index (χ1n) is 19.6. The summed E-state index contributed by atoms with van der Waals surface area (Å²) >= 11 is 1.84. The fraction of sp³-hybridized carbons (Fsp3) is 0.0566. The average Bonchev–Trinajstić information content (AvgIpc) is 3.94. The van der Waals surface area contributed by atoms with Crippen LogP contribution in [0.2, 0.25) is 0 Å². The van der Waals surface area contributed by atoms with Gasteiger partial charge in [-0.15, -0.1) is 17.7 Å². The molecular formula is C53H36N4PtS-2. The van der Waals surface area contributed by atoms with Crippen molar-refractivity contribution in [1.29, 1.82) is 0 Å². The van der Waals surface area contributed by atoms with E-state index in [9.17, 15) is 0 Å². The molecule has 4 nitrogen and oxygen atoms in total. The third-order valence-corrected chi connectivity index (χ3v) is 12.4. The summed E-state index contributed by atoms with van der Waals surface area (Å²) in [4.78, 5) is 4.87. The van der Waals surface area contributed by atoms with Gasteiger partial charge in [-0.2, -0.15) is 29.5 Å². The van der Waals surface area contributed by atoms with E-state index < -0.39 is 0 Å². The summed E-state index contributed by atoms with van der Waals surface area (Å²) in [5.74, 6) is 0. The maximum Gasteiger partial charge on any atom is 0.268 e. The molecule has 0 bridgehead atoms. The second kappa shape index (κ2) is 14.8. The van der Waals surface area contributed by atoms with Gasteiger partial charge >= 0.3 is 0 Å². The van der Waals surface area contributed by atoms with Crippen LogP contribution in [0.5, 0.6) is 0 Å². The molecule has 0 aliphatic heterocycles. The summed E-state index contributed by atoms with van der Waals surface area (Å²) in [7, 11) is 0. The van der Waals surface area contributed by atoms with Crippen LogP contribution in [0.15, 0.2) is 164 Å². The van der Waals surface area contributed by atoms with Gasteiger partial charge in [0.15, 0.2) is 0 Å². The van der Waals surface area contributed by atoms with Crippen molar-refractivity contribution in [2.45, 2.75) is 20.8 Å². The SMILES string of the molecule is Cc1cc(C)c(-[n+]2[c-]n(-c3[c-]c(-n4c5[c-]c(-c6ccccn6)c6c7ccccc7sc6c5c5ccccc54)ccc3)c(-c3ccccc3)c2-c2ccccc2)c(C)c1.[Pt]. The van der Waals surface area contributed by atoms with Gasteiger partial charge in [-0.3, -0.25) is 4.57 Å². The predicted octanol–water partition coefficient (Wildman–Crippen LogP) is 12.9. The number of pyridine rings is 1. The number of nitrogens with zero attached hydrogens (tertiary/aromatic N) is 4. The van der Waals surface area contributed by atoms with E-state index in [-0.39, 0.29) is 21.1 Å². The van der Waals surface area contributed by atoms with Gasteiger partial charge in [0, 0.05) is 37.5 Å². The van der Waals surface area contributed by atoms with Gasteiger partial charge in [0.1, 0.15) is 0 Å². The first-order chi connectivity index (χ1) is 28.5. The molecule has 4 heterocycles. The zero-order valence-electron chi connectivity index (χ0n) is 32.6. The normalized spacial score (nSPS) is 11.5. The smallest absolute Gasteiger partial charge is 0.268 e. The van der Waals surface area contributed by atoms with Gasteiger partial charge in [0.25, 0.3) is 6.33 Å². The Morgan fingerprint density at radius 2 is 1.27 bits per heavy atom. The monoisotopic (exact) mass is 955 g/mol. The first kappa shape index (κ1) is 36.9. The van der Waals surface area contributed by atoms with Gasteiger partial charge in [-0.25, -0.2) is 0 Å². The van der Waals surface area contributed by atoms with Crippen molar-refractivity contribution >= 4 is 53.3 Å². The number of para-hydroxylation sites is 1. The number of aryl methyl sites for hydroxylation is 3. The van der Waals surface area contributed by atoms with Crippen molar-refractivity contribution in [2.24, 2.45) is 0 Å².